The molecule has 0 aromatic heterocycles. The van der Waals surface area contributed by atoms with Crippen molar-refractivity contribution in [3.05, 3.63) is 29.6 Å². The lowest BCUT2D eigenvalue weighted by molar-refractivity contribution is -0.909. The first-order valence-corrected chi connectivity index (χ1v) is 8.87. The Balaban J connectivity index is 0.00000529. The molecule has 138 valence electrons. The minimum absolute atomic E-state index is 0. The van der Waals surface area contributed by atoms with Crippen molar-refractivity contribution in [2.24, 2.45) is 0 Å². The van der Waals surface area contributed by atoms with E-state index in [1.807, 2.05) is 0 Å². The summed E-state index contributed by atoms with van der Waals surface area (Å²) in [5, 5.41) is 9.00. The third-order valence-corrected chi connectivity index (χ3v) is 4.50. The van der Waals surface area contributed by atoms with Gasteiger partial charge in [0, 0.05) is 0 Å². The van der Waals surface area contributed by atoms with Crippen LogP contribution < -0.4 is 28.7 Å². The zero-order chi connectivity index (χ0) is 17.7. The van der Waals surface area contributed by atoms with Crippen molar-refractivity contribution in [2.75, 3.05) is 32.5 Å². The van der Waals surface area contributed by atoms with Gasteiger partial charge in [0.25, 0.3) is 0 Å². The Kier molecular flexibility index (Phi) is 9.37. The number of ether oxygens (including phenoxy) is 1. The Hall–Kier alpha value is -0.740. The minimum Gasteiger partial charge on any atom is -1.00 e. The summed E-state index contributed by atoms with van der Waals surface area (Å²) in [6.07, 6.45) is -0.602. The maximum atomic E-state index is 13.7. The molecule has 0 amide bonds. The van der Waals surface area contributed by atoms with Gasteiger partial charge < -0.3 is 48.1 Å². The van der Waals surface area contributed by atoms with Gasteiger partial charge in [-0.05, 0) is 31.5 Å². The molecule has 7 nitrogen and oxygen atoms in total. The number of nitrogens with zero attached hydrogens (tertiary/aromatic N) is 1. The average molecular weight is 477 g/mol. The van der Waals surface area contributed by atoms with Crippen molar-refractivity contribution >= 4 is 13.6 Å². The van der Waals surface area contributed by atoms with Crippen molar-refractivity contribution in [1.82, 2.24) is 0 Å². The molecule has 0 aliphatic heterocycles. The largest absolute Gasteiger partial charge is 1.00 e. The molecule has 1 aromatic carbocycles. The van der Waals surface area contributed by atoms with Crippen LogP contribution in [0.2, 0.25) is 0 Å². The van der Waals surface area contributed by atoms with Gasteiger partial charge in [0.2, 0.25) is 0 Å². The molecule has 0 saturated heterocycles. The van der Waals surface area contributed by atoms with Crippen LogP contribution in [0, 0.1) is 12.7 Å². The summed E-state index contributed by atoms with van der Waals surface area (Å²) >= 11 is 0. The van der Waals surface area contributed by atoms with Crippen molar-refractivity contribution < 1.29 is 61.8 Å². The van der Waals surface area contributed by atoms with Crippen LogP contribution in [-0.4, -0.2) is 57.9 Å². The lowest BCUT2D eigenvalue weighted by Gasteiger charge is -2.35. The fraction of sp³-hybridized carbons (Fsp3) is 0.500. The molecule has 0 radical (unpaired) electrons. The fourth-order valence-corrected chi connectivity index (χ4v) is 3.54. The molecule has 1 rings (SSSR count). The first-order valence-electron chi connectivity index (χ1n) is 7.07. The van der Waals surface area contributed by atoms with Gasteiger partial charge in [0.05, 0.1) is 6.54 Å². The molecule has 3 N–H and O–H groups in total. The predicted molar refractivity (Wildman–Crippen MR) is 81.7 cm³/mol. The standard InChI is InChI=1S/C14H21FNO6P.HI/c1-3-16(9-14(17)18,10-23(19,20)21)6-7-22-13-5-4-11(2)8-12(13)15;/h4-5,8H,3,6-7,9-10H2,1-2H3,(H2-,17,18,19,20,21);1H. The predicted octanol–water partition coefficient (Wildman–Crippen LogP) is -1.43. The molecular formula is C14H22FINO6P. The maximum absolute atomic E-state index is 13.7. The summed E-state index contributed by atoms with van der Waals surface area (Å²) in [4.78, 5) is 29.4. The second kappa shape index (κ2) is 9.67. The van der Waals surface area contributed by atoms with Crippen LogP contribution in [-0.2, 0) is 9.36 Å². The summed E-state index contributed by atoms with van der Waals surface area (Å²) in [5.41, 5.74) is 0.737. The van der Waals surface area contributed by atoms with Crippen LogP contribution in [0.25, 0.3) is 0 Å². The van der Waals surface area contributed by atoms with Gasteiger partial charge in [0.1, 0.15) is 13.2 Å². The van der Waals surface area contributed by atoms with Crippen LogP contribution >= 0.6 is 7.60 Å². The lowest BCUT2D eigenvalue weighted by Crippen LogP contribution is -3.00. The number of aryl methyl sites for hydroxylation is 1. The van der Waals surface area contributed by atoms with E-state index < -0.39 is 32.2 Å². The lowest BCUT2D eigenvalue weighted by atomic mass is 10.2. The van der Waals surface area contributed by atoms with Gasteiger partial charge in [-0.2, -0.15) is 0 Å². The zero-order valence-corrected chi connectivity index (χ0v) is 16.5. The molecule has 1 atom stereocenters. The van der Waals surface area contributed by atoms with Crippen molar-refractivity contribution in [2.45, 2.75) is 13.8 Å². The van der Waals surface area contributed by atoms with Crippen LogP contribution in [0.4, 0.5) is 4.39 Å². The molecule has 0 bridgehead atoms. The van der Waals surface area contributed by atoms with Crippen LogP contribution in [0.15, 0.2) is 18.2 Å². The summed E-state index contributed by atoms with van der Waals surface area (Å²) < 4.78 is 30.0. The number of carbonyl (C=O) groups is 1. The van der Waals surface area contributed by atoms with E-state index in [0.717, 1.165) is 5.56 Å². The molecule has 24 heavy (non-hydrogen) atoms. The summed E-state index contributed by atoms with van der Waals surface area (Å²) in [6, 6.07) is 4.45. The highest BCUT2D eigenvalue weighted by Crippen LogP contribution is 2.38. The van der Waals surface area contributed by atoms with Crippen LogP contribution in [0.3, 0.4) is 0 Å². The van der Waals surface area contributed by atoms with E-state index in [1.165, 1.54) is 12.1 Å². The normalized spacial score (nSPS) is 13.7. The Morgan fingerprint density at radius 2 is 2.00 bits per heavy atom. The summed E-state index contributed by atoms with van der Waals surface area (Å²) in [7, 11) is -4.41. The topological polar surface area (TPSA) is 104 Å². The van der Waals surface area contributed by atoms with E-state index in [0.29, 0.717) is 0 Å². The second-order valence-electron chi connectivity index (χ2n) is 5.52. The van der Waals surface area contributed by atoms with E-state index in [2.05, 4.69) is 0 Å². The van der Waals surface area contributed by atoms with Gasteiger partial charge >= 0.3 is 13.6 Å². The maximum Gasteiger partial charge on any atom is 0.379 e. The van der Waals surface area contributed by atoms with E-state index in [1.54, 1.807) is 19.9 Å². The number of carboxylic acids is 1. The highest BCUT2D eigenvalue weighted by Gasteiger charge is 2.36. The van der Waals surface area contributed by atoms with Gasteiger partial charge in [-0.15, -0.1) is 0 Å². The number of carboxylic acid groups (broad SMARTS) is 1. The van der Waals surface area contributed by atoms with Crippen molar-refractivity contribution in [3.63, 3.8) is 0 Å². The van der Waals surface area contributed by atoms with Gasteiger partial charge in [0.15, 0.2) is 24.4 Å². The van der Waals surface area contributed by atoms with Crippen molar-refractivity contribution in [3.8, 4) is 5.75 Å². The Bertz CT molecular complexity index is 611. The SMILES string of the molecule is CC[N+](CCOc1ccc(C)cc1F)(CC(=O)O)CP(=O)(O)O.[I-]. The number of rotatable bonds is 9. The number of aliphatic carboxylic acids is 1. The zero-order valence-electron chi connectivity index (χ0n) is 13.5. The molecule has 0 heterocycles. The monoisotopic (exact) mass is 477 g/mol. The molecule has 0 fully saturated rings. The molecule has 0 aliphatic rings. The van der Waals surface area contributed by atoms with Crippen molar-refractivity contribution in [1.29, 1.82) is 0 Å². The quantitative estimate of drug-likeness (QED) is 0.229. The van der Waals surface area contributed by atoms with E-state index in [9.17, 15) is 23.5 Å². The Morgan fingerprint density at radius 1 is 1.38 bits per heavy atom. The van der Waals surface area contributed by atoms with E-state index in [4.69, 9.17) is 9.84 Å². The number of likely N-dealkylation sites (N-methyl/N-ethyl adjacent to an activating group) is 1. The fourth-order valence-electron chi connectivity index (χ4n) is 2.32. The highest BCUT2D eigenvalue weighted by atomic mass is 127. The third-order valence-electron chi connectivity index (χ3n) is 3.54. The number of halogens is 2. The number of quaternary nitrogens is 1. The molecular weight excluding hydrogens is 455 g/mol. The minimum atomic E-state index is -4.41. The summed E-state index contributed by atoms with van der Waals surface area (Å²) in [5.74, 6) is -1.68. The molecule has 0 aliphatic carbocycles. The molecule has 1 unspecified atom stereocenters. The van der Waals surface area contributed by atoms with Gasteiger partial charge in [-0.25, -0.2) is 9.18 Å². The average Bonchev–Trinajstić information content (AvgIpc) is 2.38. The molecule has 1 aromatic rings. The summed E-state index contributed by atoms with van der Waals surface area (Å²) in [6.45, 7) is 3.13. The molecule has 0 spiro atoms. The first-order chi connectivity index (χ1) is 10.6. The van der Waals surface area contributed by atoms with Crippen LogP contribution in [0.1, 0.15) is 12.5 Å². The first kappa shape index (κ1) is 23.3. The highest BCUT2D eigenvalue weighted by molar-refractivity contribution is 7.51. The number of hydrogen-bond acceptors (Lipinski definition) is 3. The number of hydrogen-bond donors (Lipinski definition) is 3. The second-order valence-corrected chi connectivity index (χ2v) is 7.13. The van der Waals surface area contributed by atoms with Crippen LogP contribution in [0.5, 0.6) is 5.75 Å². The third kappa shape index (κ3) is 7.89. The molecule has 10 heteroatoms. The Morgan fingerprint density at radius 3 is 2.46 bits per heavy atom. The van der Waals surface area contributed by atoms with Gasteiger partial charge in [-0.3, -0.25) is 4.57 Å². The van der Waals surface area contributed by atoms with E-state index >= 15 is 0 Å². The number of benzene rings is 1. The molecule has 0 saturated carbocycles. The van der Waals surface area contributed by atoms with Gasteiger partial charge in [-0.1, -0.05) is 6.07 Å². The Labute approximate surface area is 157 Å². The van der Waals surface area contributed by atoms with E-state index in [-0.39, 0.29) is 53.9 Å². The smallest absolute Gasteiger partial charge is 0.379 e.